The lowest BCUT2D eigenvalue weighted by Gasteiger charge is -2.17. The maximum atomic E-state index is 12.4. The molecule has 6 heteroatoms. The summed E-state index contributed by atoms with van der Waals surface area (Å²) in [5.74, 6) is -0.845. The van der Waals surface area contributed by atoms with Crippen molar-refractivity contribution < 1.29 is 17.9 Å². The van der Waals surface area contributed by atoms with Crippen LogP contribution in [0.5, 0.6) is 5.75 Å². The van der Waals surface area contributed by atoms with Gasteiger partial charge in [0.15, 0.2) is 0 Å². The van der Waals surface area contributed by atoms with E-state index in [2.05, 4.69) is 0 Å². The molecular weight excluding hydrogens is 251 g/mol. The van der Waals surface area contributed by atoms with Crippen molar-refractivity contribution in [2.24, 2.45) is 11.7 Å². The molecule has 1 unspecified atom stereocenters. The Morgan fingerprint density at radius 2 is 1.88 bits per heavy atom. The maximum Gasteiger partial charge on any atom is 0.393 e. The van der Waals surface area contributed by atoms with Gasteiger partial charge in [-0.05, 0) is 24.3 Å². The molecule has 0 saturated carbocycles. The zero-order valence-electron chi connectivity index (χ0n) is 9.33. The average molecular weight is 265 g/mol. The van der Waals surface area contributed by atoms with Gasteiger partial charge >= 0.3 is 6.18 Å². The van der Waals surface area contributed by atoms with Gasteiger partial charge in [0.2, 0.25) is 0 Å². The molecular formula is C11H14F3NOS. The number of thioether (sulfide) groups is 1. The minimum Gasteiger partial charge on any atom is -0.497 e. The molecule has 2 N–H and O–H groups in total. The third-order valence-electron chi connectivity index (χ3n) is 2.26. The molecule has 0 aliphatic heterocycles. The fraction of sp³-hybridized carbons (Fsp3) is 0.455. The van der Waals surface area contributed by atoms with Gasteiger partial charge in [-0.25, -0.2) is 0 Å². The largest absolute Gasteiger partial charge is 0.497 e. The summed E-state index contributed by atoms with van der Waals surface area (Å²) in [5, 5.41) is 0. The Morgan fingerprint density at radius 3 is 2.29 bits per heavy atom. The minimum absolute atomic E-state index is 0.0632. The van der Waals surface area contributed by atoms with Crippen LogP contribution in [0.15, 0.2) is 29.2 Å². The van der Waals surface area contributed by atoms with Gasteiger partial charge in [-0.2, -0.15) is 13.2 Å². The molecule has 0 aromatic heterocycles. The highest BCUT2D eigenvalue weighted by molar-refractivity contribution is 7.99. The summed E-state index contributed by atoms with van der Waals surface area (Å²) in [6, 6.07) is 6.89. The van der Waals surface area contributed by atoms with Crippen molar-refractivity contribution in [1.29, 1.82) is 0 Å². The van der Waals surface area contributed by atoms with Gasteiger partial charge in [0.25, 0.3) is 0 Å². The first-order chi connectivity index (χ1) is 7.97. The average Bonchev–Trinajstić information content (AvgIpc) is 2.29. The van der Waals surface area contributed by atoms with Gasteiger partial charge in [-0.1, -0.05) is 0 Å². The first kappa shape index (κ1) is 14.2. The molecule has 0 amide bonds. The molecule has 96 valence electrons. The molecule has 1 aromatic carbocycles. The number of benzene rings is 1. The smallest absolute Gasteiger partial charge is 0.393 e. The Hall–Kier alpha value is -0.880. The summed E-state index contributed by atoms with van der Waals surface area (Å²) in [6.45, 7) is -0.382. The summed E-state index contributed by atoms with van der Waals surface area (Å²) in [6.07, 6.45) is -4.23. The fourth-order valence-corrected chi connectivity index (χ4v) is 2.21. The molecule has 0 heterocycles. The second-order valence-corrected chi connectivity index (χ2v) is 4.55. The van der Waals surface area contributed by atoms with E-state index in [1.807, 2.05) is 0 Å². The monoisotopic (exact) mass is 265 g/mol. The van der Waals surface area contributed by atoms with E-state index in [4.69, 9.17) is 10.5 Å². The Kier molecular flexibility index (Phi) is 5.14. The third kappa shape index (κ3) is 4.47. The summed E-state index contributed by atoms with van der Waals surface area (Å²) >= 11 is 1.14. The van der Waals surface area contributed by atoms with E-state index in [0.29, 0.717) is 5.75 Å². The number of methoxy groups -OCH3 is 1. The van der Waals surface area contributed by atoms with Crippen molar-refractivity contribution in [3.8, 4) is 5.75 Å². The van der Waals surface area contributed by atoms with Gasteiger partial charge in [0.05, 0.1) is 13.0 Å². The van der Waals surface area contributed by atoms with Crippen LogP contribution in [0.3, 0.4) is 0 Å². The van der Waals surface area contributed by atoms with E-state index in [1.165, 1.54) is 7.11 Å². The Balaban J connectivity index is 2.54. The van der Waals surface area contributed by atoms with Crippen LogP contribution in [0.4, 0.5) is 13.2 Å². The molecule has 0 bridgehead atoms. The number of rotatable bonds is 5. The SMILES string of the molecule is COc1ccc(SCC(CN)C(F)(F)F)cc1. The predicted octanol–water partition coefficient (Wildman–Crippen LogP) is 2.92. The first-order valence-corrected chi connectivity index (χ1v) is 5.99. The van der Waals surface area contributed by atoms with Crippen LogP contribution in [-0.4, -0.2) is 25.6 Å². The van der Waals surface area contributed by atoms with Gasteiger partial charge in [-0.3, -0.25) is 0 Å². The molecule has 17 heavy (non-hydrogen) atoms. The van der Waals surface area contributed by atoms with E-state index in [0.717, 1.165) is 16.7 Å². The predicted molar refractivity (Wildman–Crippen MR) is 62.3 cm³/mol. The molecule has 1 aromatic rings. The van der Waals surface area contributed by atoms with E-state index in [9.17, 15) is 13.2 Å². The molecule has 0 aliphatic rings. The van der Waals surface area contributed by atoms with Gasteiger partial charge in [0, 0.05) is 17.2 Å². The van der Waals surface area contributed by atoms with Crippen molar-refractivity contribution >= 4 is 11.8 Å². The summed E-state index contributed by atoms with van der Waals surface area (Å²) in [5.41, 5.74) is 5.12. The molecule has 0 saturated heterocycles. The molecule has 0 fully saturated rings. The first-order valence-electron chi connectivity index (χ1n) is 5.01. The third-order valence-corrected chi connectivity index (χ3v) is 3.43. The second kappa shape index (κ2) is 6.16. The van der Waals surface area contributed by atoms with E-state index >= 15 is 0 Å². The number of hydrogen-bond donors (Lipinski definition) is 1. The number of nitrogens with two attached hydrogens (primary N) is 1. The molecule has 2 nitrogen and oxygen atoms in total. The molecule has 0 radical (unpaired) electrons. The standard InChI is InChI=1S/C11H14F3NOS/c1-16-9-2-4-10(5-3-9)17-7-8(6-15)11(12,13)14/h2-5,8H,6-7,15H2,1H3. The highest BCUT2D eigenvalue weighted by atomic mass is 32.2. The van der Waals surface area contributed by atoms with Gasteiger partial charge < -0.3 is 10.5 Å². The lowest BCUT2D eigenvalue weighted by molar-refractivity contribution is -0.165. The van der Waals surface area contributed by atoms with E-state index < -0.39 is 12.1 Å². The van der Waals surface area contributed by atoms with E-state index in [1.54, 1.807) is 24.3 Å². The molecule has 1 atom stereocenters. The second-order valence-electron chi connectivity index (χ2n) is 3.46. The highest BCUT2D eigenvalue weighted by Gasteiger charge is 2.38. The number of ether oxygens (including phenoxy) is 1. The lowest BCUT2D eigenvalue weighted by Crippen LogP contribution is -2.32. The van der Waals surface area contributed by atoms with Gasteiger partial charge in [0.1, 0.15) is 5.75 Å². The zero-order chi connectivity index (χ0) is 12.9. The van der Waals surface area contributed by atoms with Crippen molar-refractivity contribution in [3.63, 3.8) is 0 Å². The number of halogens is 3. The Morgan fingerprint density at radius 1 is 1.29 bits per heavy atom. The normalized spacial score (nSPS) is 13.5. The topological polar surface area (TPSA) is 35.2 Å². The van der Waals surface area contributed by atoms with Crippen LogP contribution in [0.2, 0.25) is 0 Å². The van der Waals surface area contributed by atoms with Crippen LogP contribution < -0.4 is 10.5 Å². The van der Waals surface area contributed by atoms with Crippen molar-refractivity contribution in [2.75, 3.05) is 19.4 Å². The van der Waals surface area contributed by atoms with Gasteiger partial charge in [-0.15, -0.1) is 11.8 Å². The van der Waals surface area contributed by atoms with Crippen molar-refractivity contribution in [2.45, 2.75) is 11.1 Å². The quantitative estimate of drug-likeness (QED) is 0.831. The minimum atomic E-state index is -4.23. The van der Waals surface area contributed by atoms with Crippen LogP contribution >= 0.6 is 11.8 Å². The summed E-state index contributed by atoms with van der Waals surface area (Å²) in [4.78, 5) is 0.772. The van der Waals surface area contributed by atoms with E-state index in [-0.39, 0.29) is 12.3 Å². The fourth-order valence-electron chi connectivity index (χ4n) is 1.16. The van der Waals surface area contributed by atoms with Crippen LogP contribution in [0.25, 0.3) is 0 Å². The van der Waals surface area contributed by atoms with Crippen molar-refractivity contribution in [1.82, 2.24) is 0 Å². The van der Waals surface area contributed by atoms with Crippen LogP contribution in [0.1, 0.15) is 0 Å². The molecule has 1 rings (SSSR count). The number of alkyl halides is 3. The Bertz CT molecular complexity index is 340. The summed E-state index contributed by atoms with van der Waals surface area (Å²) < 4.78 is 42.2. The molecule has 0 spiro atoms. The Labute approximate surface area is 102 Å². The molecule has 0 aliphatic carbocycles. The lowest BCUT2D eigenvalue weighted by atomic mass is 10.2. The summed E-state index contributed by atoms with van der Waals surface area (Å²) in [7, 11) is 1.54. The van der Waals surface area contributed by atoms with Crippen LogP contribution in [0, 0.1) is 5.92 Å². The highest BCUT2D eigenvalue weighted by Crippen LogP contribution is 2.31. The van der Waals surface area contributed by atoms with Crippen molar-refractivity contribution in [3.05, 3.63) is 24.3 Å². The maximum absolute atomic E-state index is 12.4. The van der Waals surface area contributed by atoms with Crippen LogP contribution in [-0.2, 0) is 0 Å². The number of hydrogen-bond acceptors (Lipinski definition) is 3. The zero-order valence-corrected chi connectivity index (χ0v) is 10.1.